The Morgan fingerprint density at radius 1 is 1.40 bits per heavy atom. The molecule has 1 atom stereocenters. The van der Waals surface area contributed by atoms with Gasteiger partial charge in [-0.1, -0.05) is 0 Å². The van der Waals surface area contributed by atoms with Crippen LogP contribution in [-0.2, 0) is 24.8 Å². The number of carbonyl (C=O) groups excluding carboxylic acids is 1. The van der Waals surface area contributed by atoms with Crippen LogP contribution in [0, 0.1) is 5.92 Å². The molecule has 6 nitrogen and oxygen atoms in total. The Labute approximate surface area is 148 Å². The van der Waals surface area contributed by atoms with E-state index in [1.165, 1.54) is 24.1 Å². The zero-order valence-corrected chi connectivity index (χ0v) is 15.0. The first-order valence-electron chi connectivity index (χ1n) is 9.23. The van der Waals surface area contributed by atoms with Gasteiger partial charge in [0.05, 0.1) is 24.5 Å². The summed E-state index contributed by atoms with van der Waals surface area (Å²) < 4.78 is 9.77. The number of fused-ring (bicyclic) bond motifs is 1. The first kappa shape index (κ1) is 16.4. The molecule has 6 heteroatoms. The minimum absolute atomic E-state index is 0.0626. The lowest BCUT2D eigenvalue weighted by Crippen LogP contribution is -2.43. The lowest BCUT2D eigenvalue weighted by atomic mass is 9.99. The molecule has 1 fully saturated rings. The number of hydrogen-bond donors (Lipinski definition) is 0. The van der Waals surface area contributed by atoms with Crippen LogP contribution in [0.4, 0.5) is 0 Å². The number of rotatable bonds is 6. The van der Waals surface area contributed by atoms with Crippen molar-refractivity contribution in [1.82, 2.24) is 19.2 Å². The summed E-state index contributed by atoms with van der Waals surface area (Å²) in [4.78, 5) is 15.1. The summed E-state index contributed by atoms with van der Waals surface area (Å²) in [6.45, 7) is 4.84. The molecular formula is C19H26N4O2. The molecule has 4 rings (SSSR count). The number of ether oxygens (including phenoxy) is 1. The maximum Gasteiger partial charge on any atom is 0.271 e. The summed E-state index contributed by atoms with van der Waals surface area (Å²) in [6, 6.07) is 3.74. The van der Waals surface area contributed by atoms with Gasteiger partial charge in [-0.3, -0.25) is 9.48 Å². The van der Waals surface area contributed by atoms with Crippen LogP contribution in [0.3, 0.4) is 0 Å². The fourth-order valence-corrected chi connectivity index (χ4v) is 3.72. The zero-order valence-electron chi connectivity index (χ0n) is 15.0. The number of hydrogen-bond acceptors (Lipinski definition) is 3. The number of amides is 1. The Bertz CT molecular complexity index is 759. The van der Waals surface area contributed by atoms with Gasteiger partial charge in [0.25, 0.3) is 5.91 Å². The van der Waals surface area contributed by atoms with Gasteiger partial charge >= 0.3 is 0 Å². The van der Waals surface area contributed by atoms with Gasteiger partial charge in [-0.05, 0) is 49.8 Å². The van der Waals surface area contributed by atoms with Crippen LogP contribution in [-0.4, -0.2) is 44.9 Å². The van der Waals surface area contributed by atoms with Crippen molar-refractivity contribution >= 4 is 5.91 Å². The number of aromatic nitrogens is 3. The molecule has 25 heavy (non-hydrogen) atoms. The average Bonchev–Trinajstić information content (AvgIpc) is 3.18. The molecule has 0 bridgehead atoms. The van der Waals surface area contributed by atoms with Crippen LogP contribution >= 0.6 is 0 Å². The SMILES string of the molecule is CCOCC1c2c(cnn2CC2CC2)CCN1C(=O)c1cccn1C. The summed E-state index contributed by atoms with van der Waals surface area (Å²) in [5.41, 5.74) is 3.16. The molecule has 3 heterocycles. The van der Waals surface area contributed by atoms with Crippen molar-refractivity contribution in [3.63, 3.8) is 0 Å². The van der Waals surface area contributed by atoms with Crippen molar-refractivity contribution in [3.05, 3.63) is 41.5 Å². The minimum atomic E-state index is -0.0626. The molecule has 2 aliphatic rings. The van der Waals surface area contributed by atoms with Gasteiger partial charge in [0.1, 0.15) is 5.69 Å². The molecule has 0 spiro atoms. The highest BCUT2D eigenvalue weighted by Crippen LogP contribution is 2.35. The summed E-state index contributed by atoms with van der Waals surface area (Å²) in [5.74, 6) is 0.817. The van der Waals surface area contributed by atoms with Crippen molar-refractivity contribution in [1.29, 1.82) is 0 Å². The first-order chi connectivity index (χ1) is 12.2. The Morgan fingerprint density at radius 3 is 2.92 bits per heavy atom. The van der Waals surface area contributed by atoms with Gasteiger partial charge < -0.3 is 14.2 Å². The van der Waals surface area contributed by atoms with E-state index in [-0.39, 0.29) is 11.9 Å². The molecular weight excluding hydrogens is 316 g/mol. The smallest absolute Gasteiger partial charge is 0.271 e. The third-order valence-corrected chi connectivity index (χ3v) is 5.31. The minimum Gasteiger partial charge on any atom is -0.379 e. The highest BCUT2D eigenvalue weighted by atomic mass is 16.5. The molecule has 2 aromatic rings. The van der Waals surface area contributed by atoms with Gasteiger partial charge in [0.2, 0.25) is 0 Å². The molecule has 1 saturated carbocycles. The third kappa shape index (κ3) is 3.11. The fraction of sp³-hybridized carbons (Fsp3) is 0.579. The van der Waals surface area contributed by atoms with Crippen LogP contribution in [0.2, 0.25) is 0 Å². The number of carbonyl (C=O) groups is 1. The van der Waals surface area contributed by atoms with Gasteiger partial charge in [-0.2, -0.15) is 5.10 Å². The van der Waals surface area contributed by atoms with Gasteiger partial charge in [-0.15, -0.1) is 0 Å². The molecule has 0 N–H and O–H groups in total. The third-order valence-electron chi connectivity index (χ3n) is 5.31. The largest absolute Gasteiger partial charge is 0.379 e. The highest BCUT2D eigenvalue weighted by molar-refractivity contribution is 5.93. The Morgan fingerprint density at radius 2 is 2.24 bits per heavy atom. The molecule has 1 amide bonds. The summed E-state index contributed by atoms with van der Waals surface area (Å²) >= 11 is 0. The van der Waals surface area contributed by atoms with E-state index in [1.807, 2.05) is 48.0 Å². The predicted octanol–water partition coefficient (Wildman–Crippen LogP) is 2.41. The summed E-state index contributed by atoms with van der Waals surface area (Å²) in [7, 11) is 1.91. The normalized spacial score (nSPS) is 19.9. The quantitative estimate of drug-likeness (QED) is 0.810. The van der Waals surface area contributed by atoms with E-state index in [9.17, 15) is 4.79 Å². The van der Waals surface area contributed by atoms with E-state index >= 15 is 0 Å². The van der Waals surface area contributed by atoms with E-state index < -0.39 is 0 Å². The number of aryl methyl sites for hydroxylation is 1. The van der Waals surface area contributed by atoms with E-state index in [2.05, 4.69) is 9.78 Å². The monoisotopic (exact) mass is 342 g/mol. The topological polar surface area (TPSA) is 52.3 Å². The van der Waals surface area contributed by atoms with Crippen LogP contribution in [0.25, 0.3) is 0 Å². The molecule has 0 saturated heterocycles. The zero-order chi connectivity index (χ0) is 17.4. The van der Waals surface area contributed by atoms with Crippen molar-refractivity contribution < 1.29 is 9.53 Å². The molecule has 1 aliphatic heterocycles. The molecule has 1 unspecified atom stereocenters. The van der Waals surface area contributed by atoms with Gasteiger partial charge in [0.15, 0.2) is 0 Å². The summed E-state index contributed by atoms with van der Waals surface area (Å²) in [6.07, 6.45) is 7.34. The maximum absolute atomic E-state index is 13.2. The molecule has 0 aromatic carbocycles. The van der Waals surface area contributed by atoms with E-state index in [0.717, 1.165) is 24.6 Å². The lowest BCUT2D eigenvalue weighted by Gasteiger charge is -2.36. The summed E-state index contributed by atoms with van der Waals surface area (Å²) in [5, 5.41) is 4.63. The van der Waals surface area contributed by atoms with E-state index in [1.54, 1.807) is 0 Å². The van der Waals surface area contributed by atoms with Crippen LogP contribution in [0.15, 0.2) is 24.5 Å². The van der Waals surface area contributed by atoms with Crippen LogP contribution < -0.4 is 0 Å². The Hall–Kier alpha value is -2.08. The van der Waals surface area contributed by atoms with Crippen molar-refractivity contribution in [2.75, 3.05) is 19.8 Å². The molecule has 134 valence electrons. The maximum atomic E-state index is 13.2. The highest BCUT2D eigenvalue weighted by Gasteiger charge is 2.36. The lowest BCUT2D eigenvalue weighted by molar-refractivity contribution is 0.0390. The molecule has 0 radical (unpaired) electrons. The average molecular weight is 342 g/mol. The van der Waals surface area contributed by atoms with Crippen molar-refractivity contribution in [2.45, 2.75) is 38.8 Å². The number of nitrogens with zero attached hydrogens (tertiary/aromatic N) is 4. The Kier molecular flexibility index (Phi) is 4.37. The standard InChI is InChI=1S/C19H26N4O2/c1-3-25-13-17-18-15(11-20-23(18)12-14-6-7-14)8-10-22(17)19(24)16-5-4-9-21(16)2/h4-5,9,11,14,17H,3,6-8,10,12-13H2,1-2H3. The fourth-order valence-electron chi connectivity index (χ4n) is 3.72. The van der Waals surface area contributed by atoms with Crippen molar-refractivity contribution in [3.8, 4) is 0 Å². The second kappa shape index (κ2) is 6.67. The first-order valence-corrected chi connectivity index (χ1v) is 9.23. The second-order valence-corrected chi connectivity index (χ2v) is 7.11. The van der Waals surface area contributed by atoms with Gasteiger partial charge in [-0.25, -0.2) is 0 Å². The van der Waals surface area contributed by atoms with E-state index in [0.29, 0.717) is 19.8 Å². The second-order valence-electron chi connectivity index (χ2n) is 7.11. The van der Waals surface area contributed by atoms with Crippen LogP contribution in [0.1, 0.15) is 47.6 Å². The molecule has 2 aromatic heterocycles. The molecule has 1 aliphatic carbocycles. The van der Waals surface area contributed by atoms with Crippen LogP contribution in [0.5, 0.6) is 0 Å². The van der Waals surface area contributed by atoms with E-state index in [4.69, 9.17) is 4.74 Å². The van der Waals surface area contributed by atoms with Gasteiger partial charge in [0, 0.05) is 32.9 Å². The Balaban J connectivity index is 1.66. The van der Waals surface area contributed by atoms with Crippen molar-refractivity contribution in [2.24, 2.45) is 13.0 Å². The predicted molar refractivity (Wildman–Crippen MR) is 94.3 cm³/mol.